The Bertz CT molecular complexity index is 1330. The van der Waals surface area contributed by atoms with Gasteiger partial charge in [-0.25, -0.2) is 4.98 Å². The lowest BCUT2D eigenvalue weighted by Gasteiger charge is -2.07. The van der Waals surface area contributed by atoms with Gasteiger partial charge in [0.25, 0.3) is 5.91 Å². The number of rotatable bonds is 6. The van der Waals surface area contributed by atoms with E-state index in [1.54, 1.807) is 11.3 Å². The number of fused-ring (bicyclic) bond motifs is 2. The van der Waals surface area contributed by atoms with Gasteiger partial charge in [-0.15, -0.1) is 11.3 Å². The molecular weight excluding hydrogens is 402 g/mol. The Labute approximate surface area is 185 Å². The molecule has 1 amide bonds. The highest BCUT2D eigenvalue weighted by molar-refractivity contribution is 7.21. The van der Waals surface area contributed by atoms with Gasteiger partial charge in [0.1, 0.15) is 5.82 Å². The standard InChI is InChI=1S/C26H23N3OS/c1-17-10-12-18(13-11-17)16-20-19-6-2-5-9-23(19)31-25(20)26(30)27-15-14-24-28-21-7-3-4-8-22(21)29-24/h2-13H,14-16H2,1H3,(H,27,30)(H,28,29). The van der Waals surface area contributed by atoms with Crippen LogP contribution in [0.3, 0.4) is 0 Å². The van der Waals surface area contributed by atoms with Gasteiger partial charge in [0.2, 0.25) is 0 Å². The van der Waals surface area contributed by atoms with Gasteiger partial charge in [0.15, 0.2) is 0 Å². The summed E-state index contributed by atoms with van der Waals surface area (Å²) in [6.07, 6.45) is 1.41. The zero-order valence-electron chi connectivity index (χ0n) is 17.3. The first-order valence-corrected chi connectivity index (χ1v) is 11.3. The van der Waals surface area contributed by atoms with E-state index < -0.39 is 0 Å². The first-order valence-electron chi connectivity index (χ1n) is 10.4. The van der Waals surface area contributed by atoms with Crippen molar-refractivity contribution in [2.45, 2.75) is 19.8 Å². The van der Waals surface area contributed by atoms with E-state index >= 15 is 0 Å². The molecule has 0 aliphatic rings. The Balaban J connectivity index is 1.35. The monoisotopic (exact) mass is 425 g/mol. The Kier molecular flexibility index (Phi) is 5.26. The number of thiophene rings is 1. The average molecular weight is 426 g/mol. The summed E-state index contributed by atoms with van der Waals surface area (Å²) in [7, 11) is 0. The summed E-state index contributed by atoms with van der Waals surface area (Å²) >= 11 is 1.57. The maximum atomic E-state index is 13.1. The Morgan fingerprint density at radius 3 is 2.61 bits per heavy atom. The van der Waals surface area contributed by atoms with Gasteiger partial charge in [0.05, 0.1) is 15.9 Å². The molecule has 5 aromatic rings. The molecule has 0 unspecified atom stereocenters. The number of imidazole rings is 1. The van der Waals surface area contributed by atoms with Crippen LogP contribution in [-0.2, 0) is 12.8 Å². The number of aromatic nitrogens is 2. The smallest absolute Gasteiger partial charge is 0.261 e. The van der Waals surface area contributed by atoms with Crippen LogP contribution in [0.5, 0.6) is 0 Å². The molecule has 0 saturated heterocycles. The molecule has 3 aromatic carbocycles. The maximum absolute atomic E-state index is 13.1. The lowest BCUT2D eigenvalue weighted by molar-refractivity contribution is 0.0957. The van der Waals surface area contributed by atoms with Gasteiger partial charge in [-0.3, -0.25) is 4.79 Å². The topological polar surface area (TPSA) is 57.8 Å². The zero-order chi connectivity index (χ0) is 21.2. The molecule has 0 aliphatic heterocycles. The summed E-state index contributed by atoms with van der Waals surface area (Å²) in [4.78, 5) is 21.8. The highest BCUT2D eigenvalue weighted by atomic mass is 32.1. The fourth-order valence-corrected chi connectivity index (χ4v) is 5.00. The first kappa shape index (κ1) is 19.5. The molecule has 5 rings (SSSR count). The molecule has 2 N–H and O–H groups in total. The highest BCUT2D eigenvalue weighted by Crippen LogP contribution is 2.33. The van der Waals surface area contributed by atoms with Gasteiger partial charge in [-0.2, -0.15) is 0 Å². The fourth-order valence-electron chi connectivity index (χ4n) is 3.87. The lowest BCUT2D eigenvalue weighted by Crippen LogP contribution is -2.26. The van der Waals surface area contributed by atoms with Crippen molar-refractivity contribution in [3.05, 3.63) is 100 Å². The van der Waals surface area contributed by atoms with Crippen LogP contribution in [0.15, 0.2) is 72.8 Å². The number of nitrogens with one attached hydrogen (secondary N) is 2. The zero-order valence-corrected chi connectivity index (χ0v) is 18.1. The number of H-pyrrole nitrogens is 1. The molecule has 0 bridgehead atoms. The molecule has 2 aromatic heterocycles. The van der Waals surface area contributed by atoms with Crippen molar-refractivity contribution in [1.29, 1.82) is 0 Å². The van der Waals surface area contributed by atoms with Gasteiger partial charge in [-0.1, -0.05) is 60.2 Å². The Morgan fingerprint density at radius 1 is 1.00 bits per heavy atom. The normalized spacial score (nSPS) is 11.3. The molecule has 0 saturated carbocycles. The van der Waals surface area contributed by atoms with E-state index in [4.69, 9.17) is 0 Å². The van der Waals surface area contributed by atoms with E-state index in [9.17, 15) is 4.79 Å². The fraction of sp³-hybridized carbons (Fsp3) is 0.154. The molecule has 0 spiro atoms. The van der Waals surface area contributed by atoms with Crippen molar-refractivity contribution < 1.29 is 4.79 Å². The maximum Gasteiger partial charge on any atom is 0.261 e. The third kappa shape index (κ3) is 4.09. The number of hydrogen-bond acceptors (Lipinski definition) is 3. The number of aryl methyl sites for hydroxylation is 1. The molecule has 154 valence electrons. The molecule has 5 heteroatoms. The molecule has 4 nitrogen and oxygen atoms in total. The van der Waals surface area contributed by atoms with Crippen molar-refractivity contribution in [2.75, 3.05) is 6.54 Å². The third-order valence-electron chi connectivity index (χ3n) is 5.49. The summed E-state index contributed by atoms with van der Waals surface area (Å²) in [6.45, 7) is 2.63. The Morgan fingerprint density at radius 2 is 1.77 bits per heavy atom. The first-order chi connectivity index (χ1) is 15.2. The quantitative estimate of drug-likeness (QED) is 0.369. The van der Waals surface area contributed by atoms with E-state index in [0.29, 0.717) is 13.0 Å². The van der Waals surface area contributed by atoms with Crippen LogP contribution in [-0.4, -0.2) is 22.4 Å². The number of benzene rings is 3. The second kappa shape index (κ2) is 8.36. The largest absolute Gasteiger partial charge is 0.351 e. The van der Waals surface area contributed by atoms with Crippen LogP contribution in [0.4, 0.5) is 0 Å². The second-order valence-corrected chi connectivity index (χ2v) is 8.83. The SMILES string of the molecule is Cc1ccc(Cc2c(C(=O)NCCc3nc4ccccc4[nH]3)sc3ccccc23)cc1. The predicted molar refractivity (Wildman–Crippen MR) is 128 cm³/mol. The van der Waals surface area contributed by atoms with E-state index in [2.05, 4.69) is 58.6 Å². The molecule has 31 heavy (non-hydrogen) atoms. The van der Waals surface area contributed by atoms with Crippen LogP contribution in [0.1, 0.15) is 32.2 Å². The van der Waals surface area contributed by atoms with Crippen molar-refractivity contribution >= 4 is 38.4 Å². The van der Waals surface area contributed by atoms with Crippen molar-refractivity contribution in [3.8, 4) is 0 Å². The van der Waals surface area contributed by atoms with Crippen LogP contribution in [0, 0.1) is 6.92 Å². The van der Waals surface area contributed by atoms with Crippen molar-refractivity contribution in [1.82, 2.24) is 15.3 Å². The van der Waals surface area contributed by atoms with Crippen LogP contribution in [0.2, 0.25) is 0 Å². The summed E-state index contributed by atoms with van der Waals surface area (Å²) in [5.41, 5.74) is 5.53. The second-order valence-electron chi connectivity index (χ2n) is 7.77. The van der Waals surface area contributed by atoms with E-state index in [0.717, 1.165) is 43.8 Å². The summed E-state index contributed by atoms with van der Waals surface area (Å²) in [5.74, 6) is 0.872. The van der Waals surface area contributed by atoms with Crippen molar-refractivity contribution in [3.63, 3.8) is 0 Å². The average Bonchev–Trinajstić information content (AvgIpc) is 3.36. The van der Waals surface area contributed by atoms with Gasteiger partial charge in [0, 0.05) is 17.7 Å². The number of para-hydroxylation sites is 2. The number of carbonyl (C=O) groups is 1. The van der Waals surface area contributed by atoms with Crippen LogP contribution in [0.25, 0.3) is 21.1 Å². The molecule has 0 aliphatic carbocycles. The van der Waals surface area contributed by atoms with E-state index in [1.165, 1.54) is 11.1 Å². The molecule has 0 fully saturated rings. The van der Waals surface area contributed by atoms with E-state index in [1.807, 2.05) is 36.4 Å². The van der Waals surface area contributed by atoms with Gasteiger partial charge in [-0.05, 0) is 48.1 Å². The number of aromatic amines is 1. The molecule has 0 radical (unpaired) electrons. The summed E-state index contributed by atoms with van der Waals surface area (Å²) < 4.78 is 1.15. The van der Waals surface area contributed by atoms with Gasteiger partial charge < -0.3 is 10.3 Å². The number of amides is 1. The number of hydrogen-bond donors (Lipinski definition) is 2. The van der Waals surface area contributed by atoms with E-state index in [-0.39, 0.29) is 5.91 Å². The molecular formula is C26H23N3OS. The summed E-state index contributed by atoms with van der Waals surface area (Å²) in [6, 6.07) is 24.8. The number of carbonyl (C=O) groups excluding carboxylic acids is 1. The van der Waals surface area contributed by atoms with Crippen molar-refractivity contribution in [2.24, 2.45) is 0 Å². The minimum Gasteiger partial charge on any atom is -0.351 e. The minimum atomic E-state index is -0.0144. The minimum absolute atomic E-state index is 0.0144. The third-order valence-corrected chi connectivity index (χ3v) is 6.70. The predicted octanol–water partition coefficient (Wildman–Crippen LogP) is 5.65. The van der Waals surface area contributed by atoms with Crippen LogP contribution >= 0.6 is 11.3 Å². The molecule has 2 heterocycles. The van der Waals surface area contributed by atoms with Gasteiger partial charge >= 0.3 is 0 Å². The number of nitrogens with zero attached hydrogens (tertiary/aromatic N) is 1. The Hall–Kier alpha value is -3.44. The van der Waals surface area contributed by atoms with Crippen LogP contribution < -0.4 is 5.32 Å². The molecule has 0 atom stereocenters. The highest BCUT2D eigenvalue weighted by Gasteiger charge is 2.18. The summed E-state index contributed by atoms with van der Waals surface area (Å²) in [5, 5.41) is 4.26. The lowest BCUT2D eigenvalue weighted by atomic mass is 10.0.